The highest BCUT2D eigenvalue weighted by Crippen LogP contribution is 2.16. The van der Waals surface area contributed by atoms with Crippen molar-refractivity contribution in [3.63, 3.8) is 0 Å². The van der Waals surface area contributed by atoms with Gasteiger partial charge >= 0.3 is 0 Å². The van der Waals surface area contributed by atoms with Crippen LogP contribution in [0.2, 0.25) is 0 Å². The molecule has 6 nitrogen and oxygen atoms in total. The van der Waals surface area contributed by atoms with E-state index < -0.39 is 0 Å². The van der Waals surface area contributed by atoms with Crippen molar-refractivity contribution in [2.45, 2.75) is 20.3 Å². The summed E-state index contributed by atoms with van der Waals surface area (Å²) in [6.07, 6.45) is 0.717. The minimum Gasteiger partial charge on any atom is -0.396 e. The number of rotatable bonds is 7. The number of hydrogen-bond donors (Lipinski definition) is 3. The van der Waals surface area contributed by atoms with Gasteiger partial charge in [-0.15, -0.1) is 0 Å². The van der Waals surface area contributed by atoms with Crippen LogP contribution in [0.3, 0.4) is 0 Å². The molecule has 6 heteroatoms. The van der Waals surface area contributed by atoms with Gasteiger partial charge in [-0.05, 0) is 20.3 Å². The van der Waals surface area contributed by atoms with Crippen molar-refractivity contribution in [3.05, 3.63) is 6.07 Å². The Labute approximate surface area is 102 Å². The average Bonchev–Trinajstić information content (AvgIpc) is 2.30. The predicted molar refractivity (Wildman–Crippen MR) is 70.2 cm³/mol. The van der Waals surface area contributed by atoms with Crippen LogP contribution in [0.4, 0.5) is 17.6 Å². The number of anilines is 3. The molecule has 0 aliphatic rings. The molecule has 0 aromatic carbocycles. The third-order valence-electron chi connectivity index (χ3n) is 2.38. The summed E-state index contributed by atoms with van der Waals surface area (Å²) < 4.78 is 0. The van der Waals surface area contributed by atoms with Gasteiger partial charge < -0.3 is 21.1 Å². The lowest BCUT2D eigenvalue weighted by Gasteiger charge is -2.22. The number of nitrogens with two attached hydrogens (primary N) is 1. The Morgan fingerprint density at radius 1 is 1.41 bits per heavy atom. The quantitative estimate of drug-likeness (QED) is 0.649. The van der Waals surface area contributed by atoms with E-state index in [-0.39, 0.29) is 12.6 Å². The first-order valence-electron chi connectivity index (χ1n) is 5.95. The molecule has 0 aliphatic heterocycles. The number of hydrogen-bond acceptors (Lipinski definition) is 6. The summed E-state index contributed by atoms with van der Waals surface area (Å²) in [6, 6.07) is 1.88. The molecular weight excluding hydrogens is 218 g/mol. The lowest BCUT2D eigenvalue weighted by Crippen LogP contribution is -2.26. The van der Waals surface area contributed by atoms with Crippen LogP contribution in [0.15, 0.2) is 6.07 Å². The van der Waals surface area contributed by atoms with Crippen molar-refractivity contribution < 1.29 is 5.11 Å². The first kappa shape index (κ1) is 13.5. The fourth-order valence-electron chi connectivity index (χ4n) is 1.58. The zero-order chi connectivity index (χ0) is 12.7. The molecule has 0 amide bonds. The van der Waals surface area contributed by atoms with E-state index in [1.807, 2.05) is 19.9 Å². The number of nitrogen functional groups attached to an aromatic ring is 1. The maximum atomic E-state index is 8.85. The molecule has 0 radical (unpaired) electrons. The Morgan fingerprint density at radius 3 is 2.76 bits per heavy atom. The van der Waals surface area contributed by atoms with Crippen LogP contribution in [-0.4, -0.2) is 41.3 Å². The van der Waals surface area contributed by atoms with Crippen LogP contribution >= 0.6 is 0 Å². The Balaban J connectivity index is 2.85. The van der Waals surface area contributed by atoms with Gasteiger partial charge in [-0.25, -0.2) is 0 Å². The zero-order valence-corrected chi connectivity index (χ0v) is 10.5. The third kappa shape index (κ3) is 4.07. The molecule has 17 heavy (non-hydrogen) atoms. The molecule has 96 valence electrons. The lowest BCUT2D eigenvalue weighted by atomic mass is 10.3. The van der Waals surface area contributed by atoms with Gasteiger partial charge in [-0.2, -0.15) is 9.97 Å². The molecule has 0 atom stereocenters. The molecule has 1 heterocycles. The summed E-state index contributed by atoms with van der Waals surface area (Å²) in [5.74, 6) is 1.79. The van der Waals surface area contributed by atoms with Gasteiger partial charge in [0.25, 0.3) is 0 Å². The number of aromatic nitrogens is 2. The van der Waals surface area contributed by atoms with Crippen molar-refractivity contribution in [1.29, 1.82) is 0 Å². The number of aliphatic hydroxyl groups is 1. The second kappa shape index (κ2) is 6.90. The van der Waals surface area contributed by atoms with E-state index in [4.69, 9.17) is 10.8 Å². The lowest BCUT2D eigenvalue weighted by molar-refractivity contribution is 0.289. The molecular formula is C11H21N5O. The monoisotopic (exact) mass is 239 g/mol. The fraction of sp³-hybridized carbons (Fsp3) is 0.636. The standard InChI is InChI=1S/C11H21N5O/c1-3-13-9-8-10(15-11(12)14-9)16(4-2)6-5-7-17/h8,17H,3-7H2,1-2H3,(H3,12,13,14,15). The Morgan fingerprint density at radius 2 is 2.18 bits per heavy atom. The average molecular weight is 239 g/mol. The maximum absolute atomic E-state index is 8.85. The molecule has 1 aromatic rings. The molecule has 1 rings (SSSR count). The van der Waals surface area contributed by atoms with E-state index in [2.05, 4.69) is 20.2 Å². The molecule has 0 saturated heterocycles. The smallest absolute Gasteiger partial charge is 0.223 e. The molecule has 4 N–H and O–H groups in total. The second-order valence-electron chi connectivity index (χ2n) is 3.66. The van der Waals surface area contributed by atoms with Crippen LogP contribution in [0.5, 0.6) is 0 Å². The summed E-state index contributed by atoms with van der Waals surface area (Å²) in [6.45, 7) is 6.59. The van der Waals surface area contributed by atoms with Crippen LogP contribution < -0.4 is 16.0 Å². The number of nitrogens with one attached hydrogen (secondary N) is 1. The molecule has 0 spiro atoms. The van der Waals surface area contributed by atoms with E-state index in [9.17, 15) is 0 Å². The van der Waals surface area contributed by atoms with Gasteiger partial charge in [-0.1, -0.05) is 0 Å². The molecule has 1 aromatic heterocycles. The Hall–Kier alpha value is -1.56. The van der Waals surface area contributed by atoms with Crippen molar-refractivity contribution >= 4 is 17.6 Å². The fourth-order valence-corrected chi connectivity index (χ4v) is 1.58. The molecule has 0 bridgehead atoms. The summed E-state index contributed by atoms with van der Waals surface area (Å²) in [5.41, 5.74) is 5.67. The van der Waals surface area contributed by atoms with Gasteiger partial charge in [0.2, 0.25) is 5.95 Å². The topological polar surface area (TPSA) is 87.3 Å². The first-order chi connectivity index (χ1) is 8.21. The SMILES string of the molecule is CCNc1cc(N(CC)CCCO)nc(N)n1. The molecule has 0 aliphatic carbocycles. The third-order valence-corrected chi connectivity index (χ3v) is 2.38. The number of aliphatic hydroxyl groups excluding tert-OH is 1. The minimum absolute atomic E-state index is 0.178. The highest BCUT2D eigenvalue weighted by Gasteiger charge is 2.08. The van der Waals surface area contributed by atoms with Crippen LogP contribution in [0, 0.1) is 0 Å². The zero-order valence-electron chi connectivity index (χ0n) is 10.5. The highest BCUT2D eigenvalue weighted by molar-refractivity contribution is 5.52. The molecule has 0 unspecified atom stereocenters. The summed E-state index contributed by atoms with van der Waals surface area (Å²) in [4.78, 5) is 10.4. The van der Waals surface area contributed by atoms with Crippen LogP contribution in [0.25, 0.3) is 0 Å². The van der Waals surface area contributed by atoms with Crippen LogP contribution in [0.1, 0.15) is 20.3 Å². The van der Waals surface area contributed by atoms with Gasteiger partial charge in [0.15, 0.2) is 0 Å². The molecule has 0 fully saturated rings. The van der Waals surface area contributed by atoms with E-state index in [1.165, 1.54) is 0 Å². The van der Waals surface area contributed by atoms with E-state index in [1.54, 1.807) is 0 Å². The van der Waals surface area contributed by atoms with E-state index in [0.29, 0.717) is 6.42 Å². The minimum atomic E-state index is 0.178. The summed E-state index contributed by atoms with van der Waals surface area (Å²) in [5, 5.41) is 12.0. The van der Waals surface area contributed by atoms with Gasteiger partial charge in [0.05, 0.1) is 0 Å². The van der Waals surface area contributed by atoms with Gasteiger partial charge in [-0.3, -0.25) is 0 Å². The summed E-state index contributed by atoms with van der Waals surface area (Å²) >= 11 is 0. The van der Waals surface area contributed by atoms with E-state index >= 15 is 0 Å². The van der Waals surface area contributed by atoms with Crippen molar-refractivity contribution in [2.75, 3.05) is 42.2 Å². The largest absolute Gasteiger partial charge is 0.396 e. The van der Waals surface area contributed by atoms with Crippen molar-refractivity contribution in [3.8, 4) is 0 Å². The maximum Gasteiger partial charge on any atom is 0.223 e. The van der Waals surface area contributed by atoms with Gasteiger partial charge in [0.1, 0.15) is 11.6 Å². The molecule has 0 saturated carbocycles. The predicted octanol–water partition coefficient (Wildman–Crippen LogP) is 0.699. The second-order valence-corrected chi connectivity index (χ2v) is 3.66. The van der Waals surface area contributed by atoms with Crippen molar-refractivity contribution in [2.24, 2.45) is 0 Å². The van der Waals surface area contributed by atoms with Crippen LogP contribution in [-0.2, 0) is 0 Å². The number of nitrogens with zero attached hydrogens (tertiary/aromatic N) is 3. The highest BCUT2D eigenvalue weighted by atomic mass is 16.3. The van der Waals surface area contributed by atoms with Gasteiger partial charge in [0, 0.05) is 32.3 Å². The Kier molecular flexibility index (Phi) is 5.48. The normalized spacial score (nSPS) is 10.3. The first-order valence-corrected chi connectivity index (χ1v) is 5.95. The summed E-state index contributed by atoms with van der Waals surface area (Å²) in [7, 11) is 0. The van der Waals surface area contributed by atoms with E-state index in [0.717, 1.165) is 31.3 Å². The van der Waals surface area contributed by atoms with Crippen molar-refractivity contribution in [1.82, 2.24) is 9.97 Å². The Bertz CT molecular complexity index is 345.